The van der Waals surface area contributed by atoms with Gasteiger partial charge in [0, 0.05) is 33.5 Å². The molecule has 0 aliphatic heterocycles. The number of anilines is 2. The lowest BCUT2D eigenvalue weighted by Crippen LogP contribution is -2.23. The Kier molecular flexibility index (Phi) is 4.19. The van der Waals surface area contributed by atoms with Crippen LogP contribution in [-0.4, -0.2) is 36.4 Å². The Bertz CT molecular complexity index is 737. The Morgan fingerprint density at radius 1 is 1.38 bits per heavy atom. The first-order valence-corrected chi connectivity index (χ1v) is 7.79. The molecule has 0 amide bonds. The van der Waals surface area contributed by atoms with E-state index in [1.54, 1.807) is 18.3 Å². The summed E-state index contributed by atoms with van der Waals surface area (Å²) < 4.78 is 27.4. The zero-order valence-electron chi connectivity index (χ0n) is 12.2. The highest BCUT2D eigenvalue weighted by Gasteiger charge is 2.21. The smallest absolute Gasteiger partial charge is 0.244 e. The highest BCUT2D eigenvalue weighted by molar-refractivity contribution is 7.89. The number of hydrogen-bond donors (Lipinski definition) is 2. The summed E-state index contributed by atoms with van der Waals surface area (Å²) >= 11 is 0. The van der Waals surface area contributed by atoms with Crippen molar-refractivity contribution in [2.45, 2.75) is 11.4 Å². The van der Waals surface area contributed by atoms with Crippen LogP contribution >= 0.6 is 0 Å². The number of imidazole rings is 1. The van der Waals surface area contributed by atoms with Gasteiger partial charge in [0.15, 0.2) is 0 Å². The van der Waals surface area contributed by atoms with Gasteiger partial charge in [0.2, 0.25) is 10.0 Å². The molecule has 0 saturated heterocycles. The van der Waals surface area contributed by atoms with Gasteiger partial charge in [-0.3, -0.25) is 0 Å². The number of nitrogen functional groups attached to an aromatic ring is 1. The molecule has 0 radical (unpaired) electrons. The van der Waals surface area contributed by atoms with Crippen molar-refractivity contribution in [1.29, 1.82) is 0 Å². The number of aryl methyl sites for hydroxylation is 1. The average Bonchev–Trinajstić information content (AvgIpc) is 2.82. The van der Waals surface area contributed by atoms with Gasteiger partial charge in [-0.05, 0) is 12.1 Å². The number of nitrogens with zero attached hydrogens (tertiary/aromatic N) is 3. The Labute approximate surface area is 124 Å². The number of nitrogens with two attached hydrogens (primary N) is 1. The van der Waals surface area contributed by atoms with Gasteiger partial charge < -0.3 is 15.6 Å². The van der Waals surface area contributed by atoms with Crippen LogP contribution < -0.4 is 11.1 Å². The second-order valence-corrected chi connectivity index (χ2v) is 6.93. The average molecular weight is 309 g/mol. The van der Waals surface area contributed by atoms with E-state index in [4.69, 9.17) is 5.73 Å². The lowest BCUT2D eigenvalue weighted by atomic mass is 10.2. The maximum absolute atomic E-state index is 12.2. The Morgan fingerprint density at radius 3 is 2.67 bits per heavy atom. The van der Waals surface area contributed by atoms with Crippen molar-refractivity contribution in [2.75, 3.05) is 25.1 Å². The first-order valence-electron chi connectivity index (χ1n) is 6.35. The molecule has 7 nitrogen and oxygen atoms in total. The molecule has 1 heterocycles. The number of nitrogens with one attached hydrogen (secondary N) is 1. The summed E-state index contributed by atoms with van der Waals surface area (Å²) in [5, 5.41) is 3.12. The van der Waals surface area contributed by atoms with Crippen molar-refractivity contribution in [3.8, 4) is 0 Å². The molecule has 0 bridgehead atoms. The van der Waals surface area contributed by atoms with E-state index >= 15 is 0 Å². The summed E-state index contributed by atoms with van der Waals surface area (Å²) in [6.45, 7) is 0.458. The molecule has 0 atom stereocenters. The molecule has 0 aliphatic carbocycles. The number of hydrogen-bond acceptors (Lipinski definition) is 5. The molecule has 114 valence electrons. The van der Waals surface area contributed by atoms with Crippen molar-refractivity contribution < 1.29 is 8.42 Å². The van der Waals surface area contributed by atoms with Crippen molar-refractivity contribution in [1.82, 2.24) is 13.9 Å². The van der Waals surface area contributed by atoms with Crippen LogP contribution in [0.1, 0.15) is 5.82 Å². The fourth-order valence-corrected chi connectivity index (χ4v) is 2.89. The van der Waals surface area contributed by atoms with Gasteiger partial charge in [0.05, 0.1) is 17.9 Å². The SMILES string of the molecule is CN(C)S(=O)(=O)c1cccc(NCc2nccn2C)c1N. The van der Waals surface area contributed by atoms with Crippen LogP contribution in [0.2, 0.25) is 0 Å². The van der Waals surface area contributed by atoms with Gasteiger partial charge in [-0.2, -0.15) is 0 Å². The summed E-state index contributed by atoms with van der Waals surface area (Å²) in [7, 11) is 1.28. The fraction of sp³-hybridized carbons (Fsp3) is 0.308. The molecule has 0 aliphatic rings. The zero-order valence-corrected chi connectivity index (χ0v) is 13.1. The van der Waals surface area contributed by atoms with Crippen molar-refractivity contribution in [2.24, 2.45) is 7.05 Å². The fourth-order valence-electron chi connectivity index (χ4n) is 1.86. The number of sulfonamides is 1. The number of benzene rings is 1. The maximum atomic E-state index is 12.2. The quantitative estimate of drug-likeness (QED) is 0.799. The first kappa shape index (κ1) is 15.3. The van der Waals surface area contributed by atoms with E-state index < -0.39 is 10.0 Å². The Morgan fingerprint density at radius 2 is 2.10 bits per heavy atom. The first-order chi connectivity index (χ1) is 9.84. The predicted molar refractivity (Wildman–Crippen MR) is 82.3 cm³/mol. The highest BCUT2D eigenvalue weighted by Crippen LogP contribution is 2.28. The summed E-state index contributed by atoms with van der Waals surface area (Å²) in [6.07, 6.45) is 3.54. The van der Waals surface area contributed by atoms with Gasteiger partial charge in [0.25, 0.3) is 0 Å². The van der Waals surface area contributed by atoms with Crippen LogP contribution in [-0.2, 0) is 23.6 Å². The standard InChI is InChI=1S/C13H19N5O2S/c1-17(2)21(19,20)11-6-4-5-10(13(11)14)16-9-12-15-7-8-18(12)3/h4-8,16H,9,14H2,1-3H3. The van der Waals surface area contributed by atoms with Gasteiger partial charge in [-0.1, -0.05) is 6.07 Å². The van der Waals surface area contributed by atoms with Crippen molar-refractivity contribution in [3.05, 3.63) is 36.4 Å². The molecule has 0 fully saturated rings. The predicted octanol–water partition coefficient (Wildman–Crippen LogP) is 0.865. The van der Waals surface area contributed by atoms with Crippen LogP contribution in [0.15, 0.2) is 35.5 Å². The molecule has 8 heteroatoms. The van der Waals surface area contributed by atoms with E-state index in [2.05, 4.69) is 10.3 Å². The minimum atomic E-state index is -3.56. The Hall–Kier alpha value is -2.06. The van der Waals surface area contributed by atoms with E-state index in [9.17, 15) is 8.42 Å². The Balaban J connectivity index is 2.29. The van der Waals surface area contributed by atoms with E-state index in [0.717, 1.165) is 10.1 Å². The largest absolute Gasteiger partial charge is 0.396 e. The van der Waals surface area contributed by atoms with Crippen LogP contribution in [0.5, 0.6) is 0 Å². The van der Waals surface area contributed by atoms with Gasteiger partial charge in [-0.15, -0.1) is 0 Å². The lowest BCUT2D eigenvalue weighted by Gasteiger charge is -2.16. The summed E-state index contributed by atoms with van der Waals surface area (Å²) in [4.78, 5) is 4.29. The van der Waals surface area contributed by atoms with E-state index in [-0.39, 0.29) is 10.6 Å². The minimum Gasteiger partial charge on any atom is -0.396 e. The van der Waals surface area contributed by atoms with Crippen molar-refractivity contribution in [3.63, 3.8) is 0 Å². The molecule has 1 aromatic carbocycles. The molecule has 3 N–H and O–H groups in total. The zero-order chi connectivity index (χ0) is 15.6. The molecule has 1 aromatic heterocycles. The molecule has 2 aromatic rings. The third-order valence-electron chi connectivity index (χ3n) is 3.18. The van der Waals surface area contributed by atoms with E-state index in [0.29, 0.717) is 12.2 Å². The molecule has 0 spiro atoms. The summed E-state index contributed by atoms with van der Waals surface area (Å²) in [6, 6.07) is 4.90. The van der Waals surface area contributed by atoms with Crippen LogP contribution in [0.3, 0.4) is 0 Å². The third-order valence-corrected chi connectivity index (χ3v) is 5.06. The minimum absolute atomic E-state index is 0.0948. The van der Waals surface area contributed by atoms with E-state index in [1.807, 2.05) is 17.8 Å². The highest BCUT2D eigenvalue weighted by atomic mass is 32.2. The molecule has 0 saturated carbocycles. The number of para-hydroxylation sites is 1. The second-order valence-electron chi connectivity index (χ2n) is 4.81. The monoisotopic (exact) mass is 309 g/mol. The van der Waals surface area contributed by atoms with Gasteiger partial charge >= 0.3 is 0 Å². The van der Waals surface area contributed by atoms with Gasteiger partial charge in [0.1, 0.15) is 10.7 Å². The topological polar surface area (TPSA) is 93.2 Å². The third kappa shape index (κ3) is 3.01. The molecular formula is C13H19N5O2S. The molecule has 0 unspecified atom stereocenters. The number of aromatic nitrogens is 2. The van der Waals surface area contributed by atoms with Crippen LogP contribution in [0, 0.1) is 0 Å². The summed E-state index contributed by atoms with van der Waals surface area (Å²) in [5.41, 5.74) is 6.77. The normalized spacial score (nSPS) is 11.8. The maximum Gasteiger partial charge on any atom is 0.244 e. The second kappa shape index (κ2) is 5.74. The molecule has 21 heavy (non-hydrogen) atoms. The molecule has 2 rings (SSSR count). The van der Waals surface area contributed by atoms with Crippen LogP contribution in [0.4, 0.5) is 11.4 Å². The number of rotatable bonds is 5. The lowest BCUT2D eigenvalue weighted by molar-refractivity contribution is 0.521. The van der Waals surface area contributed by atoms with Crippen LogP contribution in [0.25, 0.3) is 0 Å². The van der Waals surface area contributed by atoms with E-state index in [1.165, 1.54) is 20.2 Å². The molecular weight excluding hydrogens is 290 g/mol. The van der Waals surface area contributed by atoms with Gasteiger partial charge in [-0.25, -0.2) is 17.7 Å². The van der Waals surface area contributed by atoms with Crippen molar-refractivity contribution >= 4 is 21.4 Å². The summed E-state index contributed by atoms with van der Waals surface area (Å²) in [5.74, 6) is 0.829.